The number of thiophene rings is 1. The Morgan fingerprint density at radius 3 is 2.81 bits per heavy atom. The van der Waals surface area contributed by atoms with Crippen molar-refractivity contribution in [3.63, 3.8) is 0 Å². The first kappa shape index (κ1) is 16.5. The van der Waals surface area contributed by atoms with Crippen LogP contribution in [0.25, 0.3) is 22.4 Å². The normalized spacial score (nSPS) is 11.0. The van der Waals surface area contributed by atoms with Crippen LogP contribution >= 0.6 is 11.3 Å². The second-order valence-electron chi connectivity index (χ2n) is 6.24. The standard InChI is InChI=1S/C21H19N3OS/c1-15-6-4-7-16(12-15)21-23-18-9-2-3-10-19(18)24(21)14-20(25)22-13-17-8-5-11-26-17/h2-12H,13-14H2,1H3,(H,22,25). The van der Waals surface area contributed by atoms with Crippen molar-refractivity contribution in [2.45, 2.75) is 20.0 Å². The number of fused-ring (bicyclic) bond motifs is 1. The van der Waals surface area contributed by atoms with Gasteiger partial charge in [-0.3, -0.25) is 4.79 Å². The highest BCUT2D eigenvalue weighted by molar-refractivity contribution is 7.09. The Morgan fingerprint density at radius 1 is 1.12 bits per heavy atom. The van der Waals surface area contributed by atoms with E-state index in [9.17, 15) is 4.79 Å². The molecule has 0 spiro atoms. The summed E-state index contributed by atoms with van der Waals surface area (Å²) < 4.78 is 1.99. The summed E-state index contributed by atoms with van der Waals surface area (Å²) in [4.78, 5) is 18.5. The first-order chi connectivity index (χ1) is 12.7. The topological polar surface area (TPSA) is 46.9 Å². The van der Waals surface area contributed by atoms with Crippen LogP contribution in [0.5, 0.6) is 0 Å². The molecule has 1 N–H and O–H groups in total. The maximum Gasteiger partial charge on any atom is 0.240 e. The molecule has 2 aromatic carbocycles. The molecule has 0 saturated heterocycles. The van der Waals surface area contributed by atoms with Crippen molar-refractivity contribution in [2.75, 3.05) is 0 Å². The van der Waals surface area contributed by atoms with Gasteiger partial charge in [0.25, 0.3) is 0 Å². The Labute approximate surface area is 156 Å². The summed E-state index contributed by atoms with van der Waals surface area (Å²) in [5, 5.41) is 5.02. The molecule has 0 aliphatic heterocycles. The second-order valence-corrected chi connectivity index (χ2v) is 7.27. The van der Waals surface area contributed by atoms with E-state index in [1.165, 1.54) is 5.56 Å². The van der Waals surface area contributed by atoms with E-state index in [4.69, 9.17) is 4.98 Å². The summed E-state index contributed by atoms with van der Waals surface area (Å²) in [5.41, 5.74) is 4.06. The number of aromatic nitrogens is 2. The molecule has 2 heterocycles. The van der Waals surface area contributed by atoms with Crippen molar-refractivity contribution < 1.29 is 4.79 Å². The van der Waals surface area contributed by atoms with E-state index in [-0.39, 0.29) is 12.5 Å². The molecule has 1 amide bonds. The molecule has 4 rings (SSSR count). The molecule has 4 aromatic rings. The predicted molar refractivity (Wildman–Crippen MR) is 106 cm³/mol. The average Bonchev–Trinajstić information content (AvgIpc) is 3.28. The van der Waals surface area contributed by atoms with E-state index >= 15 is 0 Å². The number of carbonyl (C=O) groups excluding carboxylic acids is 1. The summed E-state index contributed by atoms with van der Waals surface area (Å²) in [7, 11) is 0. The molecule has 0 aliphatic rings. The van der Waals surface area contributed by atoms with Crippen molar-refractivity contribution in [3.8, 4) is 11.4 Å². The monoisotopic (exact) mass is 361 g/mol. The van der Waals surface area contributed by atoms with Crippen molar-refractivity contribution >= 4 is 28.3 Å². The highest BCUT2D eigenvalue weighted by Crippen LogP contribution is 2.25. The van der Waals surface area contributed by atoms with Crippen molar-refractivity contribution in [2.24, 2.45) is 0 Å². The molecule has 0 unspecified atom stereocenters. The fraction of sp³-hybridized carbons (Fsp3) is 0.143. The number of para-hydroxylation sites is 2. The van der Waals surface area contributed by atoms with Gasteiger partial charge in [0.1, 0.15) is 12.4 Å². The van der Waals surface area contributed by atoms with E-state index in [1.807, 2.05) is 58.5 Å². The first-order valence-corrected chi connectivity index (χ1v) is 9.40. The number of hydrogen-bond donors (Lipinski definition) is 1. The van der Waals surface area contributed by atoms with Crippen LogP contribution in [0.15, 0.2) is 66.0 Å². The van der Waals surface area contributed by atoms with E-state index in [0.717, 1.165) is 27.3 Å². The maximum absolute atomic E-state index is 12.5. The summed E-state index contributed by atoms with van der Waals surface area (Å²) in [6, 6.07) is 20.2. The van der Waals surface area contributed by atoms with Gasteiger partial charge in [-0.2, -0.15) is 0 Å². The minimum absolute atomic E-state index is 0.0181. The molecule has 130 valence electrons. The van der Waals surface area contributed by atoms with Crippen molar-refractivity contribution in [1.29, 1.82) is 0 Å². The third-order valence-corrected chi connectivity index (χ3v) is 5.15. The molecule has 26 heavy (non-hydrogen) atoms. The number of rotatable bonds is 5. The largest absolute Gasteiger partial charge is 0.350 e. The van der Waals surface area contributed by atoms with Crippen LogP contribution in [0.2, 0.25) is 0 Å². The van der Waals surface area contributed by atoms with Gasteiger partial charge in [0, 0.05) is 10.4 Å². The van der Waals surface area contributed by atoms with Crippen molar-refractivity contribution in [3.05, 3.63) is 76.5 Å². The molecule has 0 saturated carbocycles. The fourth-order valence-electron chi connectivity index (χ4n) is 3.04. The molecule has 0 atom stereocenters. The Bertz CT molecular complexity index is 1050. The minimum Gasteiger partial charge on any atom is -0.350 e. The van der Waals surface area contributed by atoms with Crippen LogP contribution in [-0.2, 0) is 17.9 Å². The molecule has 4 nitrogen and oxygen atoms in total. The number of carbonyl (C=O) groups is 1. The Hall–Kier alpha value is -2.92. The third-order valence-electron chi connectivity index (χ3n) is 4.27. The first-order valence-electron chi connectivity index (χ1n) is 8.52. The number of nitrogens with zero attached hydrogens (tertiary/aromatic N) is 2. The second kappa shape index (κ2) is 7.14. The number of nitrogens with one attached hydrogen (secondary N) is 1. The lowest BCUT2D eigenvalue weighted by molar-refractivity contribution is -0.121. The number of amides is 1. The Balaban J connectivity index is 1.66. The van der Waals surface area contributed by atoms with Crippen LogP contribution in [0.1, 0.15) is 10.4 Å². The third kappa shape index (κ3) is 3.39. The van der Waals surface area contributed by atoms with Crippen LogP contribution < -0.4 is 5.32 Å². The quantitative estimate of drug-likeness (QED) is 0.573. The van der Waals surface area contributed by atoms with Gasteiger partial charge in [0.05, 0.1) is 17.6 Å². The summed E-state index contributed by atoms with van der Waals surface area (Å²) in [5.74, 6) is 0.802. The van der Waals surface area contributed by atoms with Gasteiger partial charge >= 0.3 is 0 Å². The molecule has 2 aromatic heterocycles. The smallest absolute Gasteiger partial charge is 0.240 e. The highest BCUT2D eigenvalue weighted by Gasteiger charge is 2.15. The van der Waals surface area contributed by atoms with Crippen molar-refractivity contribution in [1.82, 2.24) is 14.9 Å². The molecular formula is C21H19N3OS. The highest BCUT2D eigenvalue weighted by atomic mass is 32.1. The Kier molecular flexibility index (Phi) is 4.54. The van der Waals surface area contributed by atoms with Gasteiger partial charge in [-0.1, -0.05) is 42.0 Å². The molecule has 0 fully saturated rings. The number of hydrogen-bond acceptors (Lipinski definition) is 3. The summed E-state index contributed by atoms with van der Waals surface area (Å²) >= 11 is 1.64. The lowest BCUT2D eigenvalue weighted by Gasteiger charge is -2.10. The van der Waals surface area contributed by atoms with Gasteiger partial charge in [-0.05, 0) is 36.6 Å². The van der Waals surface area contributed by atoms with E-state index in [2.05, 4.69) is 24.4 Å². The summed E-state index contributed by atoms with van der Waals surface area (Å²) in [6.07, 6.45) is 0. The van der Waals surface area contributed by atoms with Gasteiger partial charge in [0.2, 0.25) is 5.91 Å². The fourth-order valence-corrected chi connectivity index (χ4v) is 3.68. The van der Waals surface area contributed by atoms with Gasteiger partial charge in [-0.25, -0.2) is 4.98 Å². The average molecular weight is 361 g/mol. The van der Waals surface area contributed by atoms with Crippen LogP contribution in [0, 0.1) is 6.92 Å². The zero-order valence-corrected chi connectivity index (χ0v) is 15.3. The molecule has 5 heteroatoms. The maximum atomic E-state index is 12.5. The van der Waals surface area contributed by atoms with Gasteiger partial charge in [-0.15, -0.1) is 11.3 Å². The SMILES string of the molecule is Cc1cccc(-c2nc3ccccc3n2CC(=O)NCc2cccs2)c1. The molecule has 0 bridgehead atoms. The van der Waals surface area contributed by atoms with E-state index in [1.54, 1.807) is 11.3 Å². The van der Waals surface area contributed by atoms with Crippen LogP contribution in [-0.4, -0.2) is 15.5 Å². The minimum atomic E-state index is -0.0181. The molecular weight excluding hydrogens is 342 g/mol. The lowest BCUT2D eigenvalue weighted by atomic mass is 10.1. The Morgan fingerprint density at radius 2 is 2.00 bits per heavy atom. The number of benzene rings is 2. The summed E-state index contributed by atoms with van der Waals surface area (Å²) in [6.45, 7) is 2.86. The van der Waals surface area contributed by atoms with E-state index < -0.39 is 0 Å². The zero-order chi connectivity index (χ0) is 17.9. The van der Waals surface area contributed by atoms with Crippen LogP contribution in [0.3, 0.4) is 0 Å². The molecule has 0 radical (unpaired) electrons. The lowest BCUT2D eigenvalue weighted by Crippen LogP contribution is -2.27. The zero-order valence-electron chi connectivity index (χ0n) is 14.5. The van der Waals surface area contributed by atoms with E-state index in [0.29, 0.717) is 6.54 Å². The molecule has 0 aliphatic carbocycles. The van der Waals surface area contributed by atoms with Gasteiger partial charge in [0.15, 0.2) is 0 Å². The number of aryl methyl sites for hydroxylation is 1. The predicted octanol–water partition coefficient (Wildman–Crippen LogP) is 4.39. The number of imidazole rings is 1. The van der Waals surface area contributed by atoms with Gasteiger partial charge < -0.3 is 9.88 Å². The van der Waals surface area contributed by atoms with Crippen LogP contribution in [0.4, 0.5) is 0 Å².